The second kappa shape index (κ2) is 7.82. The van der Waals surface area contributed by atoms with Crippen LogP contribution in [0.25, 0.3) is 0 Å². The first kappa shape index (κ1) is 17.7. The molecule has 2 amide bonds. The Labute approximate surface area is 150 Å². The predicted molar refractivity (Wildman–Crippen MR) is 96.9 cm³/mol. The van der Waals surface area contributed by atoms with Gasteiger partial charge in [0.05, 0.1) is 12.2 Å². The van der Waals surface area contributed by atoms with E-state index in [1.54, 1.807) is 0 Å². The Bertz CT molecular complexity index is 921. The number of anilines is 1. The molecule has 0 saturated carbocycles. The van der Waals surface area contributed by atoms with E-state index >= 15 is 0 Å². The lowest BCUT2D eigenvalue weighted by molar-refractivity contribution is 0.251. The summed E-state index contributed by atoms with van der Waals surface area (Å²) in [6.07, 6.45) is 1.93. The first-order chi connectivity index (χ1) is 12.5. The van der Waals surface area contributed by atoms with Crippen LogP contribution in [0.5, 0.6) is 0 Å². The number of urea groups is 1. The van der Waals surface area contributed by atoms with Gasteiger partial charge in [-0.3, -0.25) is 0 Å². The third-order valence-electron chi connectivity index (χ3n) is 3.97. The van der Waals surface area contributed by atoms with Crippen LogP contribution in [-0.2, 0) is 13.1 Å². The van der Waals surface area contributed by atoms with Crippen molar-refractivity contribution in [1.29, 1.82) is 0 Å². The van der Waals surface area contributed by atoms with E-state index < -0.39 is 17.7 Å². The summed E-state index contributed by atoms with van der Waals surface area (Å²) in [5.74, 6) is -1.31. The fourth-order valence-corrected chi connectivity index (χ4v) is 2.70. The summed E-state index contributed by atoms with van der Waals surface area (Å²) in [4.78, 5) is 12.0. The van der Waals surface area contributed by atoms with E-state index in [0.29, 0.717) is 6.54 Å². The highest BCUT2D eigenvalue weighted by molar-refractivity contribution is 5.89. The molecule has 4 nitrogen and oxygen atoms in total. The third kappa shape index (κ3) is 4.47. The van der Waals surface area contributed by atoms with Gasteiger partial charge < -0.3 is 15.2 Å². The van der Waals surface area contributed by atoms with Crippen LogP contribution < -0.4 is 10.6 Å². The van der Waals surface area contributed by atoms with E-state index in [1.807, 2.05) is 48.0 Å². The first-order valence-electron chi connectivity index (χ1n) is 8.21. The first-order valence-corrected chi connectivity index (χ1v) is 8.21. The number of nitrogens with zero attached hydrogens (tertiary/aromatic N) is 1. The SMILES string of the molecule is Cc1cccc(Cn2cccc2CNC(=O)Nc2cc(F)ccc2F)c1. The molecule has 6 heteroatoms. The second-order valence-electron chi connectivity index (χ2n) is 6.05. The zero-order valence-electron chi connectivity index (χ0n) is 14.3. The fraction of sp³-hybridized carbons (Fsp3) is 0.150. The number of hydrogen-bond donors (Lipinski definition) is 2. The molecule has 0 aliphatic carbocycles. The maximum Gasteiger partial charge on any atom is 0.319 e. The lowest BCUT2D eigenvalue weighted by Gasteiger charge is -2.12. The van der Waals surface area contributed by atoms with Gasteiger partial charge in [0.25, 0.3) is 0 Å². The average molecular weight is 355 g/mol. The molecular formula is C20H19F2N3O. The van der Waals surface area contributed by atoms with Crippen LogP contribution in [0, 0.1) is 18.6 Å². The summed E-state index contributed by atoms with van der Waals surface area (Å²) in [5, 5.41) is 4.97. The summed E-state index contributed by atoms with van der Waals surface area (Å²) in [5.41, 5.74) is 3.05. The van der Waals surface area contributed by atoms with Gasteiger partial charge in [-0.2, -0.15) is 0 Å². The molecule has 134 valence electrons. The van der Waals surface area contributed by atoms with Crippen LogP contribution in [0.2, 0.25) is 0 Å². The minimum absolute atomic E-state index is 0.197. The van der Waals surface area contributed by atoms with Gasteiger partial charge in [-0.1, -0.05) is 29.8 Å². The number of hydrogen-bond acceptors (Lipinski definition) is 1. The largest absolute Gasteiger partial charge is 0.345 e. The molecule has 0 aliphatic rings. The van der Waals surface area contributed by atoms with Gasteiger partial charge in [-0.05, 0) is 36.8 Å². The topological polar surface area (TPSA) is 46.1 Å². The molecule has 2 aromatic carbocycles. The summed E-state index contributed by atoms with van der Waals surface area (Å²) in [7, 11) is 0. The minimum Gasteiger partial charge on any atom is -0.345 e. The smallest absolute Gasteiger partial charge is 0.319 e. The number of nitrogens with one attached hydrogen (secondary N) is 2. The van der Waals surface area contributed by atoms with Crippen LogP contribution in [0.1, 0.15) is 16.8 Å². The molecule has 0 fully saturated rings. The Balaban J connectivity index is 1.61. The van der Waals surface area contributed by atoms with Crippen molar-refractivity contribution in [3.05, 3.63) is 89.2 Å². The maximum absolute atomic E-state index is 13.6. The Hall–Kier alpha value is -3.15. The van der Waals surface area contributed by atoms with E-state index in [2.05, 4.69) is 16.7 Å². The number of aryl methyl sites for hydroxylation is 1. The molecule has 0 aliphatic heterocycles. The van der Waals surface area contributed by atoms with Crippen molar-refractivity contribution in [3.8, 4) is 0 Å². The molecular weight excluding hydrogens is 336 g/mol. The Morgan fingerprint density at radius 2 is 1.92 bits per heavy atom. The lowest BCUT2D eigenvalue weighted by Crippen LogP contribution is -2.29. The number of carbonyl (C=O) groups excluding carboxylic acids is 1. The van der Waals surface area contributed by atoms with E-state index in [-0.39, 0.29) is 12.2 Å². The Morgan fingerprint density at radius 1 is 1.08 bits per heavy atom. The van der Waals surface area contributed by atoms with E-state index in [4.69, 9.17) is 0 Å². The molecule has 0 radical (unpaired) electrons. The maximum atomic E-state index is 13.6. The van der Waals surface area contributed by atoms with Gasteiger partial charge in [-0.15, -0.1) is 0 Å². The molecule has 1 heterocycles. The van der Waals surface area contributed by atoms with Crippen molar-refractivity contribution >= 4 is 11.7 Å². The van der Waals surface area contributed by atoms with Crippen LogP contribution in [0.15, 0.2) is 60.8 Å². The third-order valence-corrected chi connectivity index (χ3v) is 3.97. The highest BCUT2D eigenvalue weighted by atomic mass is 19.1. The number of rotatable bonds is 5. The van der Waals surface area contributed by atoms with Crippen LogP contribution in [-0.4, -0.2) is 10.6 Å². The molecule has 3 rings (SSSR count). The average Bonchev–Trinajstić information content (AvgIpc) is 3.03. The van der Waals surface area contributed by atoms with E-state index in [1.165, 1.54) is 5.56 Å². The van der Waals surface area contributed by atoms with Gasteiger partial charge in [0, 0.05) is 24.5 Å². The lowest BCUT2D eigenvalue weighted by atomic mass is 10.1. The Kier molecular flexibility index (Phi) is 5.31. The minimum atomic E-state index is -0.690. The fourth-order valence-electron chi connectivity index (χ4n) is 2.70. The zero-order chi connectivity index (χ0) is 18.5. The monoisotopic (exact) mass is 355 g/mol. The van der Waals surface area contributed by atoms with Crippen LogP contribution in [0.3, 0.4) is 0 Å². The molecule has 0 bridgehead atoms. The number of benzene rings is 2. The highest BCUT2D eigenvalue weighted by Gasteiger charge is 2.09. The molecule has 0 atom stereocenters. The molecule has 0 unspecified atom stereocenters. The normalized spacial score (nSPS) is 10.6. The van der Waals surface area contributed by atoms with Gasteiger partial charge in [0.15, 0.2) is 0 Å². The van der Waals surface area contributed by atoms with E-state index in [9.17, 15) is 13.6 Å². The van der Waals surface area contributed by atoms with E-state index in [0.717, 1.165) is 29.5 Å². The summed E-state index contributed by atoms with van der Waals surface area (Å²) in [6, 6.07) is 14.3. The Morgan fingerprint density at radius 3 is 2.73 bits per heavy atom. The quantitative estimate of drug-likeness (QED) is 0.698. The summed E-state index contributed by atoms with van der Waals surface area (Å²) in [6.45, 7) is 2.99. The predicted octanol–water partition coefficient (Wildman–Crippen LogP) is 4.44. The molecule has 1 aromatic heterocycles. The van der Waals surface area contributed by atoms with Gasteiger partial charge in [0.1, 0.15) is 11.6 Å². The van der Waals surface area contributed by atoms with Crippen LogP contribution >= 0.6 is 0 Å². The van der Waals surface area contributed by atoms with Crippen molar-refractivity contribution in [2.45, 2.75) is 20.0 Å². The van der Waals surface area contributed by atoms with Gasteiger partial charge >= 0.3 is 6.03 Å². The number of halogens is 2. The summed E-state index contributed by atoms with van der Waals surface area (Å²) >= 11 is 0. The molecule has 2 N–H and O–H groups in total. The number of aromatic nitrogens is 1. The standard InChI is InChI=1S/C20H19F2N3O/c1-14-4-2-5-15(10-14)13-25-9-3-6-17(25)12-23-20(26)24-19-11-16(21)7-8-18(19)22/h2-11H,12-13H2,1H3,(H2,23,24,26). The highest BCUT2D eigenvalue weighted by Crippen LogP contribution is 2.15. The van der Waals surface area contributed by atoms with Gasteiger partial charge in [0.2, 0.25) is 0 Å². The van der Waals surface area contributed by atoms with Crippen LogP contribution in [0.4, 0.5) is 19.3 Å². The number of carbonyl (C=O) groups is 1. The second-order valence-corrected chi connectivity index (χ2v) is 6.05. The van der Waals surface area contributed by atoms with Crippen molar-refractivity contribution in [3.63, 3.8) is 0 Å². The van der Waals surface area contributed by atoms with Crippen molar-refractivity contribution in [2.75, 3.05) is 5.32 Å². The van der Waals surface area contributed by atoms with Gasteiger partial charge in [-0.25, -0.2) is 13.6 Å². The summed E-state index contributed by atoms with van der Waals surface area (Å²) < 4.78 is 28.7. The zero-order valence-corrected chi connectivity index (χ0v) is 14.3. The van der Waals surface area contributed by atoms with Crippen molar-refractivity contribution < 1.29 is 13.6 Å². The molecule has 0 saturated heterocycles. The molecule has 26 heavy (non-hydrogen) atoms. The van der Waals surface area contributed by atoms with Crippen molar-refractivity contribution in [1.82, 2.24) is 9.88 Å². The number of amides is 2. The molecule has 3 aromatic rings. The molecule has 0 spiro atoms. The van der Waals surface area contributed by atoms with Crippen molar-refractivity contribution in [2.24, 2.45) is 0 Å².